The van der Waals surface area contributed by atoms with Crippen molar-refractivity contribution < 1.29 is 14.7 Å². The molecule has 6 heteroatoms. The van der Waals surface area contributed by atoms with Crippen molar-refractivity contribution in [3.63, 3.8) is 0 Å². The van der Waals surface area contributed by atoms with Gasteiger partial charge in [0.05, 0.1) is 11.6 Å². The van der Waals surface area contributed by atoms with Crippen LogP contribution in [0.2, 0.25) is 0 Å². The minimum Gasteiger partial charge on any atom is -0.481 e. The van der Waals surface area contributed by atoms with E-state index in [1.807, 2.05) is 32.0 Å². The molecule has 2 rings (SSSR count). The Morgan fingerprint density at radius 3 is 2.48 bits per heavy atom. The van der Waals surface area contributed by atoms with Crippen LogP contribution in [-0.2, 0) is 4.79 Å². The van der Waals surface area contributed by atoms with Crippen molar-refractivity contribution in [1.82, 2.24) is 15.1 Å². The smallest absolute Gasteiger partial charge is 0.308 e. The highest BCUT2D eigenvalue weighted by Crippen LogP contribution is 2.12. The number of aromatic nitrogens is 2. The standard InChI is InChI=1S/C17H21N3O3/c1-3-4-14(17(22)23)11-18-16(21)13-5-7-15(8-6-13)20-12(2)9-10-19-20/h5-10,14H,3-4,11H2,1-2H3,(H,18,21)(H,22,23). The van der Waals surface area contributed by atoms with Crippen molar-refractivity contribution in [2.75, 3.05) is 6.54 Å². The number of carboxylic acid groups (broad SMARTS) is 1. The normalized spacial score (nSPS) is 11.9. The highest BCUT2D eigenvalue weighted by Gasteiger charge is 2.17. The van der Waals surface area contributed by atoms with Gasteiger partial charge in [0.15, 0.2) is 0 Å². The monoisotopic (exact) mass is 315 g/mol. The zero-order valence-corrected chi connectivity index (χ0v) is 13.3. The molecule has 0 bridgehead atoms. The summed E-state index contributed by atoms with van der Waals surface area (Å²) in [6, 6.07) is 8.95. The first-order valence-electron chi connectivity index (χ1n) is 7.65. The third kappa shape index (κ3) is 4.18. The maximum atomic E-state index is 12.1. The molecule has 0 saturated carbocycles. The van der Waals surface area contributed by atoms with Crippen LogP contribution in [0.1, 0.15) is 35.8 Å². The fraction of sp³-hybridized carbons (Fsp3) is 0.353. The average molecular weight is 315 g/mol. The summed E-state index contributed by atoms with van der Waals surface area (Å²) < 4.78 is 1.78. The second-order valence-electron chi connectivity index (χ2n) is 5.47. The number of benzene rings is 1. The fourth-order valence-corrected chi connectivity index (χ4v) is 2.37. The molecular formula is C17H21N3O3. The van der Waals surface area contributed by atoms with E-state index in [2.05, 4.69) is 10.4 Å². The lowest BCUT2D eigenvalue weighted by Crippen LogP contribution is -2.32. The summed E-state index contributed by atoms with van der Waals surface area (Å²) in [5, 5.41) is 16.0. The summed E-state index contributed by atoms with van der Waals surface area (Å²) in [5.41, 5.74) is 2.38. The Morgan fingerprint density at radius 1 is 1.26 bits per heavy atom. The van der Waals surface area contributed by atoms with Crippen LogP contribution in [0.4, 0.5) is 0 Å². The molecule has 0 fully saturated rings. The molecule has 0 aliphatic rings. The first kappa shape index (κ1) is 16.7. The molecule has 0 aliphatic carbocycles. The lowest BCUT2D eigenvalue weighted by atomic mass is 10.0. The number of aliphatic carboxylic acids is 1. The summed E-state index contributed by atoms with van der Waals surface area (Å²) in [6.07, 6.45) is 3.04. The second kappa shape index (κ2) is 7.58. The predicted molar refractivity (Wildman–Crippen MR) is 86.7 cm³/mol. The van der Waals surface area contributed by atoms with E-state index in [1.54, 1.807) is 23.0 Å². The Balaban J connectivity index is 2.00. The van der Waals surface area contributed by atoms with E-state index in [9.17, 15) is 9.59 Å². The van der Waals surface area contributed by atoms with Crippen molar-refractivity contribution in [2.45, 2.75) is 26.7 Å². The largest absolute Gasteiger partial charge is 0.481 e. The minimum atomic E-state index is -0.878. The lowest BCUT2D eigenvalue weighted by molar-refractivity contribution is -0.141. The van der Waals surface area contributed by atoms with E-state index in [-0.39, 0.29) is 12.5 Å². The van der Waals surface area contributed by atoms with E-state index < -0.39 is 11.9 Å². The zero-order chi connectivity index (χ0) is 16.8. The molecule has 0 aliphatic heterocycles. The second-order valence-corrected chi connectivity index (χ2v) is 5.47. The number of nitrogens with one attached hydrogen (secondary N) is 1. The van der Waals surface area contributed by atoms with Gasteiger partial charge in [-0.3, -0.25) is 9.59 Å². The van der Waals surface area contributed by atoms with Crippen LogP contribution < -0.4 is 5.32 Å². The maximum Gasteiger partial charge on any atom is 0.308 e. The van der Waals surface area contributed by atoms with E-state index in [0.29, 0.717) is 12.0 Å². The fourth-order valence-electron chi connectivity index (χ4n) is 2.37. The number of carbonyl (C=O) groups excluding carboxylic acids is 1. The number of amides is 1. The van der Waals surface area contributed by atoms with Gasteiger partial charge in [0.2, 0.25) is 0 Å². The molecule has 2 N–H and O–H groups in total. The number of carbonyl (C=O) groups is 2. The molecule has 23 heavy (non-hydrogen) atoms. The van der Waals surface area contributed by atoms with E-state index in [0.717, 1.165) is 17.8 Å². The van der Waals surface area contributed by atoms with Gasteiger partial charge in [-0.25, -0.2) is 4.68 Å². The van der Waals surface area contributed by atoms with Crippen LogP contribution >= 0.6 is 0 Å². The SMILES string of the molecule is CCCC(CNC(=O)c1ccc(-n2nccc2C)cc1)C(=O)O. The van der Waals surface area contributed by atoms with Crippen LogP contribution in [-0.4, -0.2) is 33.3 Å². The molecule has 0 radical (unpaired) electrons. The highest BCUT2D eigenvalue weighted by atomic mass is 16.4. The van der Waals surface area contributed by atoms with Gasteiger partial charge in [-0.05, 0) is 43.7 Å². The van der Waals surface area contributed by atoms with Crippen LogP contribution in [0.3, 0.4) is 0 Å². The van der Waals surface area contributed by atoms with Gasteiger partial charge in [-0.15, -0.1) is 0 Å². The van der Waals surface area contributed by atoms with Gasteiger partial charge in [0.1, 0.15) is 0 Å². The minimum absolute atomic E-state index is 0.141. The van der Waals surface area contributed by atoms with E-state index >= 15 is 0 Å². The third-order valence-corrected chi connectivity index (χ3v) is 3.70. The molecule has 1 amide bonds. The summed E-state index contributed by atoms with van der Waals surface area (Å²) >= 11 is 0. The highest BCUT2D eigenvalue weighted by molar-refractivity contribution is 5.94. The number of rotatable bonds is 7. The lowest BCUT2D eigenvalue weighted by Gasteiger charge is -2.12. The van der Waals surface area contributed by atoms with Crippen molar-refractivity contribution in [3.05, 3.63) is 47.8 Å². The predicted octanol–water partition coefficient (Wildman–Crippen LogP) is 2.41. The van der Waals surface area contributed by atoms with Crippen molar-refractivity contribution in [3.8, 4) is 5.69 Å². The summed E-state index contributed by atoms with van der Waals surface area (Å²) in [7, 11) is 0. The first-order valence-corrected chi connectivity index (χ1v) is 7.65. The molecule has 6 nitrogen and oxygen atoms in total. The molecule has 1 atom stereocenters. The number of carboxylic acids is 1. The van der Waals surface area contributed by atoms with Crippen molar-refractivity contribution >= 4 is 11.9 Å². The summed E-state index contributed by atoms with van der Waals surface area (Å²) in [6.45, 7) is 4.02. The molecule has 122 valence electrons. The molecule has 2 aromatic rings. The Labute approximate surface area is 135 Å². The van der Waals surface area contributed by atoms with E-state index in [1.165, 1.54) is 0 Å². The first-order chi connectivity index (χ1) is 11.0. The van der Waals surface area contributed by atoms with Gasteiger partial charge >= 0.3 is 5.97 Å². The van der Waals surface area contributed by atoms with Gasteiger partial charge in [-0.2, -0.15) is 5.10 Å². The molecular weight excluding hydrogens is 294 g/mol. The molecule has 1 unspecified atom stereocenters. The van der Waals surface area contributed by atoms with Crippen LogP contribution in [0.25, 0.3) is 5.69 Å². The topological polar surface area (TPSA) is 84.2 Å². The van der Waals surface area contributed by atoms with Gasteiger partial charge in [0.25, 0.3) is 5.91 Å². The maximum absolute atomic E-state index is 12.1. The number of nitrogens with zero attached hydrogens (tertiary/aromatic N) is 2. The van der Waals surface area contributed by atoms with Crippen LogP contribution in [0, 0.1) is 12.8 Å². The van der Waals surface area contributed by atoms with Crippen molar-refractivity contribution in [1.29, 1.82) is 0 Å². The molecule has 1 aromatic heterocycles. The molecule has 1 heterocycles. The summed E-state index contributed by atoms with van der Waals surface area (Å²) in [5.74, 6) is -1.69. The number of hydrogen-bond acceptors (Lipinski definition) is 3. The summed E-state index contributed by atoms with van der Waals surface area (Å²) in [4.78, 5) is 23.2. The number of hydrogen-bond donors (Lipinski definition) is 2. The van der Waals surface area contributed by atoms with Gasteiger partial charge in [0, 0.05) is 24.0 Å². The Morgan fingerprint density at radius 2 is 1.96 bits per heavy atom. The Hall–Kier alpha value is -2.63. The number of aryl methyl sites for hydroxylation is 1. The Bertz CT molecular complexity index is 677. The molecule has 1 aromatic carbocycles. The Kier molecular flexibility index (Phi) is 5.51. The van der Waals surface area contributed by atoms with Gasteiger partial charge in [-0.1, -0.05) is 13.3 Å². The zero-order valence-electron chi connectivity index (χ0n) is 13.3. The molecule has 0 spiro atoms. The quantitative estimate of drug-likeness (QED) is 0.822. The molecule has 0 saturated heterocycles. The van der Waals surface area contributed by atoms with E-state index in [4.69, 9.17) is 5.11 Å². The average Bonchev–Trinajstić information content (AvgIpc) is 2.97. The van der Waals surface area contributed by atoms with Crippen LogP contribution in [0.15, 0.2) is 36.5 Å². The van der Waals surface area contributed by atoms with Crippen LogP contribution in [0.5, 0.6) is 0 Å². The van der Waals surface area contributed by atoms with Crippen molar-refractivity contribution in [2.24, 2.45) is 5.92 Å². The third-order valence-electron chi connectivity index (χ3n) is 3.70. The van der Waals surface area contributed by atoms with Gasteiger partial charge < -0.3 is 10.4 Å².